The van der Waals surface area contributed by atoms with Crippen molar-refractivity contribution in [1.29, 1.82) is 0 Å². The van der Waals surface area contributed by atoms with E-state index in [0.29, 0.717) is 10.3 Å². The highest BCUT2D eigenvalue weighted by molar-refractivity contribution is 9.10. The maximum absolute atomic E-state index is 13.7. The zero-order chi connectivity index (χ0) is 12.6. The molecule has 0 saturated carbocycles. The minimum absolute atomic E-state index is 0.178. The third kappa shape index (κ3) is 2.23. The van der Waals surface area contributed by atoms with Gasteiger partial charge in [-0.05, 0) is 12.1 Å². The fourth-order valence-corrected chi connectivity index (χ4v) is 2.06. The summed E-state index contributed by atoms with van der Waals surface area (Å²) in [6.07, 6.45) is 3.20. The van der Waals surface area contributed by atoms with Crippen molar-refractivity contribution in [3.63, 3.8) is 0 Å². The van der Waals surface area contributed by atoms with Gasteiger partial charge in [-0.1, -0.05) is 15.9 Å². The van der Waals surface area contributed by atoms with Gasteiger partial charge in [-0.2, -0.15) is 0 Å². The fraction of sp³-hybridized carbons (Fsp3) is 0.182. The predicted octanol–water partition coefficient (Wildman–Crippen LogP) is 2.51. The van der Waals surface area contributed by atoms with Gasteiger partial charge in [0.25, 0.3) is 0 Å². The van der Waals surface area contributed by atoms with E-state index in [-0.39, 0.29) is 5.56 Å². The minimum Gasteiger partial charge on any atom is -0.336 e. The number of aryl methyl sites for hydroxylation is 1. The van der Waals surface area contributed by atoms with E-state index in [4.69, 9.17) is 5.73 Å². The first-order valence-corrected chi connectivity index (χ1v) is 5.67. The summed E-state index contributed by atoms with van der Waals surface area (Å²) >= 11 is 3.02. The molecule has 1 aromatic heterocycles. The molecule has 6 heteroatoms. The molecule has 0 amide bonds. The van der Waals surface area contributed by atoms with Crippen LogP contribution in [-0.4, -0.2) is 9.55 Å². The van der Waals surface area contributed by atoms with Gasteiger partial charge < -0.3 is 10.3 Å². The Morgan fingerprint density at radius 2 is 1.94 bits per heavy atom. The lowest BCUT2D eigenvalue weighted by Crippen LogP contribution is -2.19. The van der Waals surface area contributed by atoms with Crippen LogP contribution in [0, 0.1) is 11.6 Å². The van der Waals surface area contributed by atoms with Crippen LogP contribution in [-0.2, 0) is 7.05 Å². The second-order valence-electron chi connectivity index (χ2n) is 3.66. The Bertz CT molecular complexity index is 530. The van der Waals surface area contributed by atoms with E-state index in [2.05, 4.69) is 20.9 Å². The van der Waals surface area contributed by atoms with Crippen LogP contribution >= 0.6 is 15.9 Å². The Kier molecular flexibility index (Phi) is 3.26. The number of aromatic nitrogens is 2. The Hall–Kier alpha value is -1.27. The minimum atomic E-state index is -0.928. The predicted molar refractivity (Wildman–Crippen MR) is 63.3 cm³/mol. The van der Waals surface area contributed by atoms with Gasteiger partial charge in [0.1, 0.15) is 17.5 Å². The highest BCUT2D eigenvalue weighted by Gasteiger charge is 2.22. The second-order valence-corrected chi connectivity index (χ2v) is 4.57. The highest BCUT2D eigenvalue weighted by atomic mass is 79.9. The summed E-state index contributed by atoms with van der Waals surface area (Å²) in [4.78, 5) is 3.99. The molecule has 2 aromatic rings. The van der Waals surface area contributed by atoms with E-state index in [0.717, 1.165) is 0 Å². The third-order valence-electron chi connectivity index (χ3n) is 2.49. The molecule has 90 valence electrons. The Labute approximate surface area is 105 Å². The maximum atomic E-state index is 13.7. The molecule has 3 nitrogen and oxygen atoms in total. The molecule has 0 bridgehead atoms. The van der Waals surface area contributed by atoms with Crippen LogP contribution < -0.4 is 5.73 Å². The third-order valence-corrected chi connectivity index (χ3v) is 2.95. The summed E-state index contributed by atoms with van der Waals surface area (Å²) in [5.41, 5.74) is 5.66. The molecule has 2 N–H and O–H groups in total. The standard InChI is InChI=1S/C11H10BrF2N3/c1-17-3-2-16-11(17)10(15)9-7(13)4-6(12)5-8(9)14/h2-5,10H,15H2,1H3. The topological polar surface area (TPSA) is 43.8 Å². The molecule has 1 unspecified atom stereocenters. The van der Waals surface area contributed by atoms with Crippen LogP contribution in [0.15, 0.2) is 29.0 Å². The smallest absolute Gasteiger partial charge is 0.132 e. The van der Waals surface area contributed by atoms with Crippen molar-refractivity contribution in [2.45, 2.75) is 6.04 Å². The Morgan fingerprint density at radius 3 is 2.41 bits per heavy atom. The number of halogens is 3. The van der Waals surface area contributed by atoms with Crippen molar-refractivity contribution in [3.8, 4) is 0 Å². The van der Waals surface area contributed by atoms with Crippen LogP contribution in [0.4, 0.5) is 8.78 Å². The summed E-state index contributed by atoms with van der Waals surface area (Å²) in [7, 11) is 1.72. The number of nitrogens with two attached hydrogens (primary N) is 1. The molecule has 1 heterocycles. The second kappa shape index (κ2) is 4.54. The zero-order valence-corrected chi connectivity index (χ0v) is 10.6. The van der Waals surface area contributed by atoms with Gasteiger partial charge in [0.15, 0.2) is 0 Å². The lowest BCUT2D eigenvalue weighted by molar-refractivity contribution is 0.532. The van der Waals surface area contributed by atoms with Gasteiger partial charge >= 0.3 is 0 Å². The number of hydrogen-bond acceptors (Lipinski definition) is 2. The Morgan fingerprint density at radius 1 is 1.35 bits per heavy atom. The number of hydrogen-bond donors (Lipinski definition) is 1. The molecule has 0 aliphatic rings. The molecular weight excluding hydrogens is 292 g/mol. The van der Waals surface area contributed by atoms with Crippen molar-refractivity contribution >= 4 is 15.9 Å². The number of imidazole rings is 1. The number of nitrogens with zero attached hydrogens (tertiary/aromatic N) is 2. The van der Waals surface area contributed by atoms with Gasteiger partial charge in [0, 0.05) is 29.5 Å². The average Bonchev–Trinajstić information content (AvgIpc) is 2.62. The molecule has 0 aliphatic carbocycles. The maximum Gasteiger partial charge on any atom is 0.132 e. The van der Waals surface area contributed by atoms with Crippen molar-refractivity contribution in [2.75, 3.05) is 0 Å². The van der Waals surface area contributed by atoms with Gasteiger partial charge in [-0.25, -0.2) is 13.8 Å². The quantitative estimate of drug-likeness (QED) is 0.926. The van der Waals surface area contributed by atoms with Crippen LogP contribution in [0.25, 0.3) is 0 Å². The first-order valence-electron chi connectivity index (χ1n) is 4.88. The molecule has 0 radical (unpaired) electrons. The molecule has 0 spiro atoms. The summed E-state index contributed by atoms with van der Waals surface area (Å²) in [6, 6.07) is 1.44. The van der Waals surface area contributed by atoms with E-state index in [1.165, 1.54) is 18.3 Å². The van der Waals surface area contributed by atoms with Crippen LogP contribution in [0.5, 0.6) is 0 Å². The van der Waals surface area contributed by atoms with E-state index < -0.39 is 17.7 Å². The van der Waals surface area contributed by atoms with E-state index in [1.54, 1.807) is 17.8 Å². The molecule has 0 saturated heterocycles. The molecule has 2 rings (SSSR count). The van der Waals surface area contributed by atoms with Crippen molar-refractivity contribution in [1.82, 2.24) is 9.55 Å². The van der Waals surface area contributed by atoms with Crippen molar-refractivity contribution < 1.29 is 8.78 Å². The summed E-state index contributed by atoms with van der Waals surface area (Å²) in [6.45, 7) is 0. The van der Waals surface area contributed by atoms with Crippen molar-refractivity contribution in [3.05, 3.63) is 52.0 Å². The molecule has 0 fully saturated rings. The molecule has 1 aromatic carbocycles. The van der Waals surface area contributed by atoms with Crippen LogP contribution in [0.1, 0.15) is 17.4 Å². The molecular formula is C11H10BrF2N3. The highest BCUT2D eigenvalue weighted by Crippen LogP contribution is 2.26. The first kappa shape index (κ1) is 12.2. The molecule has 17 heavy (non-hydrogen) atoms. The van der Waals surface area contributed by atoms with Crippen LogP contribution in [0.2, 0.25) is 0 Å². The lowest BCUT2D eigenvalue weighted by atomic mass is 10.1. The first-order chi connectivity index (χ1) is 8.00. The number of benzene rings is 1. The number of rotatable bonds is 2. The Balaban J connectivity index is 2.51. The normalized spacial score (nSPS) is 12.8. The van der Waals surface area contributed by atoms with Gasteiger partial charge in [0.2, 0.25) is 0 Å². The van der Waals surface area contributed by atoms with Gasteiger partial charge in [-0.15, -0.1) is 0 Å². The van der Waals surface area contributed by atoms with E-state index >= 15 is 0 Å². The SMILES string of the molecule is Cn1ccnc1C(N)c1c(F)cc(Br)cc1F. The van der Waals surface area contributed by atoms with Gasteiger partial charge in [-0.3, -0.25) is 0 Å². The summed E-state index contributed by atoms with van der Waals surface area (Å²) in [5.74, 6) is -0.968. The monoisotopic (exact) mass is 301 g/mol. The average molecular weight is 302 g/mol. The van der Waals surface area contributed by atoms with Gasteiger partial charge in [0.05, 0.1) is 6.04 Å². The molecule has 0 aliphatic heterocycles. The van der Waals surface area contributed by atoms with Crippen molar-refractivity contribution in [2.24, 2.45) is 12.8 Å². The lowest BCUT2D eigenvalue weighted by Gasteiger charge is -2.14. The zero-order valence-electron chi connectivity index (χ0n) is 8.99. The van der Waals surface area contributed by atoms with Crippen LogP contribution in [0.3, 0.4) is 0 Å². The largest absolute Gasteiger partial charge is 0.336 e. The summed E-state index contributed by atoms with van der Waals surface area (Å²) in [5, 5.41) is 0. The molecule has 1 atom stereocenters. The summed E-state index contributed by atoms with van der Waals surface area (Å²) < 4.78 is 29.4. The fourth-order valence-electron chi connectivity index (χ4n) is 1.66. The van der Waals surface area contributed by atoms with E-state index in [1.807, 2.05) is 0 Å². The van der Waals surface area contributed by atoms with E-state index in [9.17, 15) is 8.78 Å².